The smallest absolute Gasteiger partial charge is 0.408 e. The lowest BCUT2D eigenvalue weighted by molar-refractivity contribution is -0.139. The molecule has 0 radical (unpaired) electrons. The molecule has 8 heteroatoms. The number of carbonyl (C=O) groups excluding carboxylic acids is 3. The molecule has 1 aromatic carbocycles. The largest absolute Gasteiger partial charge is 0.444 e. The van der Waals surface area contributed by atoms with Gasteiger partial charge < -0.3 is 15.4 Å². The minimum atomic E-state index is -1.01. The van der Waals surface area contributed by atoms with E-state index in [0.29, 0.717) is 17.7 Å². The molecule has 2 atom stereocenters. The Morgan fingerprint density at radius 3 is 2.31 bits per heavy atom. The van der Waals surface area contributed by atoms with Crippen LogP contribution in [-0.4, -0.2) is 52.5 Å². The van der Waals surface area contributed by atoms with Crippen LogP contribution in [0.1, 0.15) is 82.0 Å². The van der Waals surface area contributed by atoms with Crippen molar-refractivity contribution in [1.82, 2.24) is 15.5 Å². The zero-order valence-corrected chi connectivity index (χ0v) is 23.3. The van der Waals surface area contributed by atoms with Crippen molar-refractivity contribution < 1.29 is 19.1 Å². The molecule has 7 nitrogen and oxygen atoms in total. The summed E-state index contributed by atoms with van der Waals surface area (Å²) >= 11 is 1.55. The molecule has 0 spiro atoms. The Balaban J connectivity index is 2.43. The fraction of sp³-hybridized carbons (Fsp3) is 0.607. The van der Waals surface area contributed by atoms with Gasteiger partial charge in [0.2, 0.25) is 5.91 Å². The first-order valence-electron chi connectivity index (χ1n) is 12.6. The number of terminal acetylenes is 1. The van der Waals surface area contributed by atoms with Crippen molar-refractivity contribution in [3.8, 4) is 12.5 Å². The van der Waals surface area contributed by atoms with E-state index in [1.165, 1.54) is 0 Å². The van der Waals surface area contributed by atoms with Crippen LogP contribution in [-0.2, 0) is 14.3 Å². The lowest BCUT2D eigenvalue weighted by Crippen LogP contribution is -2.52. The fourth-order valence-corrected chi connectivity index (χ4v) is 5.01. The Morgan fingerprint density at radius 2 is 1.78 bits per heavy atom. The number of thioether (sulfide) groups is 1. The Kier molecular flexibility index (Phi) is 11.2. The first kappa shape index (κ1) is 29.6. The minimum Gasteiger partial charge on any atom is -0.444 e. The van der Waals surface area contributed by atoms with Crippen molar-refractivity contribution in [2.45, 2.75) is 96.9 Å². The van der Waals surface area contributed by atoms with Gasteiger partial charge in [-0.25, -0.2) is 4.79 Å². The average Bonchev–Trinajstić information content (AvgIpc) is 2.80. The number of carbonyl (C=O) groups is 3. The highest BCUT2D eigenvalue weighted by Gasteiger charge is 2.37. The summed E-state index contributed by atoms with van der Waals surface area (Å²) in [6.45, 7) is 9.09. The van der Waals surface area contributed by atoms with Gasteiger partial charge >= 0.3 is 6.09 Å². The van der Waals surface area contributed by atoms with E-state index in [2.05, 4.69) is 16.7 Å². The molecule has 198 valence electrons. The van der Waals surface area contributed by atoms with Crippen molar-refractivity contribution in [2.75, 3.05) is 12.0 Å². The number of aryl methyl sites for hydroxylation is 2. The van der Waals surface area contributed by atoms with Gasteiger partial charge in [0.25, 0.3) is 5.91 Å². The van der Waals surface area contributed by atoms with E-state index in [1.54, 1.807) is 32.5 Å². The Hall–Kier alpha value is -2.66. The molecule has 36 heavy (non-hydrogen) atoms. The number of benzene rings is 1. The SMILES string of the molecule is C#CN(C(=O)C(CCSC)NC(=O)OC(C)(C)C)C(C(=O)NC1CCCCC1)c1c(C)cccc1C. The van der Waals surface area contributed by atoms with Gasteiger partial charge in [-0.1, -0.05) is 43.9 Å². The van der Waals surface area contributed by atoms with Crippen LogP contribution in [0.3, 0.4) is 0 Å². The lowest BCUT2D eigenvalue weighted by Gasteiger charge is -2.33. The third-order valence-corrected chi connectivity index (χ3v) is 6.89. The molecule has 0 aliphatic heterocycles. The Bertz CT molecular complexity index is 940. The number of hydrogen-bond donors (Lipinski definition) is 2. The molecule has 2 N–H and O–H groups in total. The topological polar surface area (TPSA) is 87.7 Å². The van der Waals surface area contributed by atoms with Crippen LogP contribution in [0.2, 0.25) is 0 Å². The van der Waals surface area contributed by atoms with E-state index < -0.39 is 29.7 Å². The second-order valence-corrected chi connectivity index (χ2v) is 11.4. The van der Waals surface area contributed by atoms with Crippen LogP contribution in [0.25, 0.3) is 0 Å². The Morgan fingerprint density at radius 1 is 1.17 bits per heavy atom. The summed E-state index contributed by atoms with van der Waals surface area (Å²) in [6.07, 6.45) is 12.6. The Labute approximate surface area is 220 Å². The van der Waals surface area contributed by atoms with Gasteiger partial charge in [-0.3, -0.25) is 14.5 Å². The van der Waals surface area contributed by atoms with Crippen LogP contribution in [0.15, 0.2) is 18.2 Å². The molecular weight excluding hydrogens is 474 g/mol. The number of alkyl carbamates (subject to hydrolysis) is 1. The number of hydrogen-bond acceptors (Lipinski definition) is 5. The van der Waals surface area contributed by atoms with Gasteiger partial charge in [-0.2, -0.15) is 11.8 Å². The second-order valence-electron chi connectivity index (χ2n) is 10.4. The highest BCUT2D eigenvalue weighted by molar-refractivity contribution is 7.98. The molecule has 1 aliphatic carbocycles. The second kappa shape index (κ2) is 13.6. The molecule has 0 aromatic heterocycles. The van der Waals surface area contributed by atoms with Crippen LogP contribution >= 0.6 is 11.8 Å². The van der Waals surface area contributed by atoms with Crippen LogP contribution in [0.4, 0.5) is 4.79 Å². The zero-order valence-electron chi connectivity index (χ0n) is 22.5. The maximum atomic E-state index is 13.8. The lowest BCUT2D eigenvalue weighted by atomic mass is 9.92. The first-order valence-corrected chi connectivity index (χ1v) is 14.0. The van der Waals surface area contributed by atoms with Crippen molar-refractivity contribution in [3.63, 3.8) is 0 Å². The molecule has 1 fully saturated rings. The molecule has 1 aromatic rings. The van der Waals surface area contributed by atoms with Gasteiger partial charge in [-0.15, -0.1) is 0 Å². The third-order valence-electron chi connectivity index (χ3n) is 6.25. The summed E-state index contributed by atoms with van der Waals surface area (Å²) in [5, 5.41) is 5.84. The summed E-state index contributed by atoms with van der Waals surface area (Å²) < 4.78 is 5.38. The van der Waals surface area contributed by atoms with E-state index in [9.17, 15) is 14.4 Å². The summed E-state index contributed by atoms with van der Waals surface area (Å²) in [5.41, 5.74) is 1.72. The predicted molar refractivity (Wildman–Crippen MR) is 146 cm³/mol. The van der Waals surface area contributed by atoms with Crippen molar-refractivity contribution in [3.05, 3.63) is 34.9 Å². The molecule has 1 aliphatic rings. The van der Waals surface area contributed by atoms with Gasteiger partial charge in [0.05, 0.1) is 0 Å². The van der Waals surface area contributed by atoms with Gasteiger partial charge in [0.15, 0.2) is 0 Å². The van der Waals surface area contributed by atoms with Crippen molar-refractivity contribution in [2.24, 2.45) is 0 Å². The van der Waals surface area contributed by atoms with Gasteiger partial charge in [0, 0.05) is 12.1 Å². The maximum Gasteiger partial charge on any atom is 0.408 e. The van der Waals surface area contributed by atoms with E-state index in [4.69, 9.17) is 11.2 Å². The summed E-state index contributed by atoms with van der Waals surface area (Å²) in [7, 11) is 0. The standard InChI is InChI=1S/C28H41N3O4S/c1-8-31(26(33)22(17-18-36-7)30-27(34)35-28(4,5)6)24(23-19(2)13-12-14-20(23)3)25(32)29-21-15-10-9-11-16-21/h1,12-14,21-22,24H,9-11,15-18H2,2-7H3,(H,29,32)(H,30,34). The van der Waals surface area contributed by atoms with Crippen LogP contribution < -0.4 is 10.6 Å². The summed E-state index contributed by atoms with van der Waals surface area (Å²) in [6, 6.07) is 6.32. The summed E-state index contributed by atoms with van der Waals surface area (Å²) in [5.74, 6) is -0.192. The predicted octanol–water partition coefficient (Wildman–Crippen LogP) is 4.86. The van der Waals surface area contributed by atoms with Crippen LogP contribution in [0, 0.1) is 26.3 Å². The van der Waals surface area contributed by atoms with Gasteiger partial charge in [-0.05, 0) is 82.6 Å². The molecule has 1 saturated carbocycles. The number of ether oxygens (including phenoxy) is 1. The molecular formula is C28H41N3O4S. The van der Waals surface area contributed by atoms with Crippen LogP contribution in [0.5, 0.6) is 0 Å². The molecule has 2 unspecified atom stereocenters. The molecule has 3 amide bonds. The quantitative estimate of drug-likeness (QED) is 0.362. The maximum absolute atomic E-state index is 13.8. The summed E-state index contributed by atoms with van der Waals surface area (Å²) in [4.78, 5) is 41.3. The molecule has 0 saturated heterocycles. The third kappa shape index (κ3) is 8.48. The molecule has 0 bridgehead atoms. The number of nitrogens with one attached hydrogen (secondary N) is 2. The first-order chi connectivity index (χ1) is 17.0. The van der Waals surface area contributed by atoms with Crippen molar-refractivity contribution >= 4 is 29.7 Å². The van der Waals surface area contributed by atoms with E-state index in [0.717, 1.165) is 48.1 Å². The van der Waals surface area contributed by atoms with Gasteiger partial charge in [0.1, 0.15) is 17.7 Å². The number of amides is 3. The minimum absolute atomic E-state index is 0.0555. The normalized spacial score (nSPS) is 15.8. The highest BCUT2D eigenvalue weighted by Crippen LogP contribution is 2.29. The highest BCUT2D eigenvalue weighted by atomic mass is 32.2. The zero-order chi connectivity index (χ0) is 26.9. The molecule has 2 rings (SSSR count). The van der Waals surface area contributed by atoms with Crippen molar-refractivity contribution in [1.29, 1.82) is 0 Å². The fourth-order valence-electron chi connectivity index (χ4n) is 4.54. The number of nitrogens with zero attached hydrogens (tertiary/aromatic N) is 1. The monoisotopic (exact) mass is 515 g/mol. The van der Waals surface area contributed by atoms with E-state index >= 15 is 0 Å². The van der Waals surface area contributed by atoms with E-state index in [-0.39, 0.29) is 11.9 Å². The average molecular weight is 516 g/mol. The number of rotatable bonds is 9. The van der Waals surface area contributed by atoms with E-state index in [1.807, 2.05) is 38.3 Å². The molecule has 0 heterocycles.